The van der Waals surface area contributed by atoms with Gasteiger partial charge in [0.05, 0.1) is 14.2 Å². The van der Waals surface area contributed by atoms with Crippen molar-refractivity contribution in [2.24, 2.45) is 0 Å². The van der Waals surface area contributed by atoms with E-state index in [-0.39, 0.29) is 0 Å². The fourth-order valence-electron chi connectivity index (χ4n) is 2.24. The van der Waals surface area contributed by atoms with Crippen molar-refractivity contribution in [3.8, 4) is 11.5 Å². The number of benzene rings is 2. The molecule has 122 valence electrons. The van der Waals surface area contributed by atoms with E-state index >= 15 is 0 Å². The highest BCUT2D eigenvalue weighted by molar-refractivity contribution is 9.10. The second-order valence-electron chi connectivity index (χ2n) is 5.13. The number of halogens is 2. The van der Waals surface area contributed by atoms with Gasteiger partial charge in [-0.3, -0.25) is 0 Å². The van der Waals surface area contributed by atoms with Gasteiger partial charge in [0, 0.05) is 34.3 Å². The number of nitrogens with zero attached hydrogens (tertiary/aromatic N) is 1. The van der Waals surface area contributed by atoms with E-state index in [0.717, 1.165) is 25.8 Å². The molecule has 0 aliphatic carbocycles. The molecule has 0 fully saturated rings. The minimum atomic E-state index is 0.698. The summed E-state index contributed by atoms with van der Waals surface area (Å²) in [6.45, 7) is 0. The molecule has 2 aromatic carbocycles. The zero-order valence-electron chi connectivity index (χ0n) is 13.6. The molecule has 2 rings (SSSR count). The Morgan fingerprint density at radius 3 is 2.13 bits per heavy atom. The van der Waals surface area contributed by atoms with Crippen LogP contribution in [-0.4, -0.2) is 33.2 Å². The van der Waals surface area contributed by atoms with Crippen molar-refractivity contribution in [2.75, 3.05) is 28.3 Å². The van der Waals surface area contributed by atoms with Crippen molar-refractivity contribution in [1.29, 1.82) is 0 Å². The fraction of sp³-hybridized carbons (Fsp3) is 0.222. The second kappa shape index (κ2) is 7.88. The fourth-order valence-corrected chi connectivity index (χ4v) is 3.17. The maximum Gasteiger partial charge on any atom is 0.161 e. The lowest BCUT2D eigenvalue weighted by Gasteiger charge is -2.20. The highest BCUT2D eigenvalue weighted by Gasteiger charge is 2.12. The molecule has 0 unspecified atom stereocenters. The first-order valence-corrected chi connectivity index (χ1v) is 8.62. The van der Waals surface area contributed by atoms with Crippen LogP contribution in [0, 0.1) is 0 Å². The maximum atomic E-state index is 5.41. The molecule has 0 bridgehead atoms. The van der Waals surface area contributed by atoms with Crippen LogP contribution in [0.5, 0.6) is 11.5 Å². The van der Waals surface area contributed by atoms with Crippen molar-refractivity contribution in [2.45, 2.75) is 0 Å². The van der Waals surface area contributed by atoms with E-state index in [2.05, 4.69) is 48.9 Å². The predicted octanol–water partition coefficient (Wildman–Crippen LogP) is 5.29. The average molecular weight is 441 g/mol. The van der Waals surface area contributed by atoms with Gasteiger partial charge < -0.3 is 14.4 Å². The van der Waals surface area contributed by atoms with Gasteiger partial charge in [-0.1, -0.05) is 50.1 Å². The number of ether oxygens (including phenoxy) is 2. The second-order valence-corrected chi connectivity index (χ2v) is 6.84. The molecule has 0 atom stereocenters. The summed E-state index contributed by atoms with van der Waals surface area (Å²) in [6, 6.07) is 12.0. The van der Waals surface area contributed by atoms with Gasteiger partial charge in [-0.2, -0.15) is 0 Å². The first kappa shape index (κ1) is 17.9. The van der Waals surface area contributed by atoms with E-state index in [1.54, 1.807) is 14.2 Å². The Bertz CT molecular complexity index is 727. The summed E-state index contributed by atoms with van der Waals surface area (Å²) in [5.41, 5.74) is 3.23. The Morgan fingerprint density at radius 1 is 0.957 bits per heavy atom. The largest absolute Gasteiger partial charge is 0.493 e. The Balaban J connectivity index is 2.59. The number of hydrogen-bond donors (Lipinski definition) is 0. The van der Waals surface area contributed by atoms with Crippen LogP contribution in [0.2, 0.25) is 0 Å². The van der Waals surface area contributed by atoms with E-state index in [1.807, 2.05) is 44.4 Å². The number of rotatable bonds is 5. The lowest BCUT2D eigenvalue weighted by molar-refractivity contribution is 0.354. The summed E-state index contributed by atoms with van der Waals surface area (Å²) in [5.74, 6) is 1.40. The highest BCUT2D eigenvalue weighted by atomic mass is 79.9. The van der Waals surface area contributed by atoms with E-state index < -0.39 is 0 Å². The molecule has 0 heterocycles. The van der Waals surface area contributed by atoms with Crippen molar-refractivity contribution in [3.63, 3.8) is 0 Å². The molecule has 0 aliphatic rings. The van der Waals surface area contributed by atoms with Crippen LogP contribution >= 0.6 is 31.9 Å². The molecular formula is C18H19Br2NO2. The summed E-state index contributed by atoms with van der Waals surface area (Å²) in [5, 5.41) is 0. The first-order valence-electron chi connectivity index (χ1n) is 7.03. The quantitative estimate of drug-likeness (QED) is 0.589. The van der Waals surface area contributed by atoms with Crippen molar-refractivity contribution in [1.82, 2.24) is 4.90 Å². The molecule has 0 aliphatic heterocycles. The Labute approximate surface area is 154 Å². The average Bonchev–Trinajstić information content (AvgIpc) is 2.54. The van der Waals surface area contributed by atoms with Gasteiger partial charge in [0.25, 0.3) is 0 Å². The third kappa shape index (κ3) is 4.09. The molecule has 0 saturated carbocycles. The van der Waals surface area contributed by atoms with Gasteiger partial charge in [0.2, 0.25) is 0 Å². The Morgan fingerprint density at radius 2 is 1.57 bits per heavy atom. The van der Waals surface area contributed by atoms with Crippen molar-refractivity contribution in [3.05, 3.63) is 56.5 Å². The normalized spacial score (nSPS) is 11.3. The third-order valence-electron chi connectivity index (χ3n) is 3.43. The first-order chi connectivity index (χ1) is 11.0. The molecule has 0 aromatic heterocycles. The molecule has 3 nitrogen and oxygen atoms in total. The van der Waals surface area contributed by atoms with Crippen LogP contribution in [0.15, 0.2) is 45.3 Å². The summed E-state index contributed by atoms with van der Waals surface area (Å²) in [4.78, 5) is 2.09. The smallest absolute Gasteiger partial charge is 0.161 e. The Hall–Kier alpha value is -1.46. The molecule has 0 radical (unpaired) electrons. The lowest BCUT2D eigenvalue weighted by atomic mass is 10.1. The van der Waals surface area contributed by atoms with Gasteiger partial charge in [-0.05, 0) is 29.8 Å². The van der Waals surface area contributed by atoms with Crippen LogP contribution in [0.4, 0.5) is 0 Å². The summed E-state index contributed by atoms with van der Waals surface area (Å²) < 4.78 is 12.7. The number of methoxy groups -OCH3 is 2. The number of hydrogen-bond acceptors (Lipinski definition) is 3. The van der Waals surface area contributed by atoms with E-state index in [1.165, 1.54) is 0 Å². The predicted molar refractivity (Wildman–Crippen MR) is 103 cm³/mol. The highest BCUT2D eigenvalue weighted by Crippen LogP contribution is 2.36. The van der Waals surface area contributed by atoms with Crippen LogP contribution in [0.25, 0.3) is 11.8 Å². The molecule has 0 saturated heterocycles. The van der Waals surface area contributed by atoms with Gasteiger partial charge in [-0.15, -0.1) is 0 Å². The molecule has 2 aromatic rings. The van der Waals surface area contributed by atoms with Crippen LogP contribution in [-0.2, 0) is 0 Å². The van der Waals surface area contributed by atoms with E-state index in [0.29, 0.717) is 11.5 Å². The zero-order chi connectivity index (χ0) is 17.0. The summed E-state index contributed by atoms with van der Waals surface area (Å²) >= 11 is 7.23. The van der Waals surface area contributed by atoms with Crippen LogP contribution in [0.1, 0.15) is 11.1 Å². The van der Waals surface area contributed by atoms with Gasteiger partial charge >= 0.3 is 0 Å². The molecular weight excluding hydrogens is 422 g/mol. The lowest BCUT2D eigenvalue weighted by Crippen LogP contribution is -2.10. The molecule has 5 heteroatoms. The van der Waals surface area contributed by atoms with E-state index in [9.17, 15) is 0 Å². The molecule has 23 heavy (non-hydrogen) atoms. The summed E-state index contributed by atoms with van der Waals surface area (Å²) in [6.07, 6.45) is 2.12. The van der Waals surface area contributed by atoms with Crippen molar-refractivity contribution < 1.29 is 9.47 Å². The van der Waals surface area contributed by atoms with Crippen LogP contribution in [0.3, 0.4) is 0 Å². The monoisotopic (exact) mass is 439 g/mol. The van der Waals surface area contributed by atoms with E-state index in [4.69, 9.17) is 9.47 Å². The summed E-state index contributed by atoms with van der Waals surface area (Å²) in [7, 11) is 7.33. The van der Waals surface area contributed by atoms with Gasteiger partial charge in [0.15, 0.2) is 11.5 Å². The topological polar surface area (TPSA) is 21.7 Å². The SMILES string of the molecule is COc1cc(Br)c(/C=C(\c2ccccc2Br)N(C)C)cc1OC. The van der Waals surface area contributed by atoms with Gasteiger partial charge in [0.1, 0.15) is 0 Å². The minimum Gasteiger partial charge on any atom is -0.493 e. The zero-order valence-corrected chi connectivity index (χ0v) is 16.7. The Kier molecular flexibility index (Phi) is 6.13. The molecule has 0 N–H and O–H groups in total. The minimum absolute atomic E-state index is 0.698. The van der Waals surface area contributed by atoms with Crippen molar-refractivity contribution >= 4 is 43.6 Å². The maximum absolute atomic E-state index is 5.41. The molecule has 0 amide bonds. The molecule has 0 spiro atoms. The standard InChI is InChI=1S/C18H19Br2NO2/c1-21(2)16(13-7-5-6-8-14(13)19)9-12-10-17(22-3)18(23-4)11-15(12)20/h5-11H,1-4H3/b16-9+. The van der Waals surface area contributed by atoms with Crippen LogP contribution < -0.4 is 9.47 Å². The van der Waals surface area contributed by atoms with Gasteiger partial charge in [-0.25, -0.2) is 0 Å². The third-order valence-corrected chi connectivity index (χ3v) is 4.80.